The first-order valence-electron chi connectivity index (χ1n) is 11.0. The SMILES string of the molecule is Cc1ccc(C(NC2C(=O)C(=O)C2Nc2cccc(C(=O)N(C)C)c2O)[C@@H]2COC(C)(C)O2)o1. The highest BCUT2D eigenvalue weighted by Crippen LogP contribution is 2.35. The zero-order chi connectivity index (χ0) is 24.8. The molecular weight excluding hydrogens is 442 g/mol. The molecule has 2 aromatic rings. The van der Waals surface area contributed by atoms with Crippen molar-refractivity contribution < 1.29 is 33.4 Å². The van der Waals surface area contributed by atoms with Gasteiger partial charge in [-0.05, 0) is 45.0 Å². The standard InChI is InChI=1S/C24H29N3O7/c1-12-9-10-15(33-12)17(16-11-32-24(2,3)34-16)26-19-18(21(29)22(19)30)25-14-8-6-7-13(20(14)28)23(31)27(4)5/h6-10,16-19,25-26,28H,11H2,1-5H3/t16-,17?,18?,19?/m0/s1. The number of phenolic OH excluding ortho intramolecular Hbond substituents is 1. The van der Waals surface area contributed by atoms with E-state index in [0.29, 0.717) is 11.5 Å². The van der Waals surface area contributed by atoms with Gasteiger partial charge < -0.3 is 29.2 Å². The van der Waals surface area contributed by atoms with Crippen LogP contribution in [0, 0.1) is 6.92 Å². The Kier molecular flexibility index (Phi) is 6.24. The Morgan fingerprint density at radius 1 is 1.15 bits per heavy atom. The molecule has 10 nitrogen and oxygen atoms in total. The Bertz CT molecular complexity index is 1120. The number of hydrogen-bond acceptors (Lipinski definition) is 9. The molecule has 10 heteroatoms. The Labute approximate surface area is 197 Å². The van der Waals surface area contributed by atoms with Crippen molar-refractivity contribution in [2.75, 3.05) is 26.0 Å². The summed E-state index contributed by atoms with van der Waals surface area (Å²) in [5.74, 6) is -1.45. The van der Waals surface area contributed by atoms with Gasteiger partial charge >= 0.3 is 0 Å². The number of aryl methyl sites for hydroxylation is 1. The summed E-state index contributed by atoms with van der Waals surface area (Å²) in [6, 6.07) is 5.81. The topological polar surface area (TPSA) is 130 Å². The average Bonchev–Trinajstić information content (AvgIpc) is 3.38. The molecule has 0 spiro atoms. The second kappa shape index (κ2) is 8.86. The number of para-hydroxylation sites is 1. The minimum absolute atomic E-state index is 0.0836. The summed E-state index contributed by atoms with van der Waals surface area (Å²) in [5.41, 5.74) is 0.262. The van der Waals surface area contributed by atoms with Crippen LogP contribution in [0.4, 0.5) is 5.69 Å². The molecule has 0 bridgehead atoms. The number of nitrogens with one attached hydrogen (secondary N) is 2. The van der Waals surface area contributed by atoms with Crippen molar-refractivity contribution in [3.05, 3.63) is 47.4 Å². The number of phenols is 1. The van der Waals surface area contributed by atoms with E-state index >= 15 is 0 Å². The molecule has 1 aliphatic carbocycles. The summed E-state index contributed by atoms with van der Waals surface area (Å²) >= 11 is 0. The number of furan rings is 1. The van der Waals surface area contributed by atoms with Crippen LogP contribution >= 0.6 is 0 Å². The predicted octanol–water partition coefficient (Wildman–Crippen LogP) is 1.78. The summed E-state index contributed by atoms with van der Waals surface area (Å²) in [6.45, 7) is 5.67. The Morgan fingerprint density at radius 2 is 1.85 bits per heavy atom. The molecule has 1 aromatic carbocycles. The number of benzene rings is 1. The quantitative estimate of drug-likeness (QED) is 0.409. The van der Waals surface area contributed by atoms with Crippen molar-refractivity contribution >= 4 is 23.2 Å². The molecule has 1 aromatic heterocycles. The van der Waals surface area contributed by atoms with E-state index in [0.717, 1.165) is 0 Å². The molecule has 4 rings (SSSR count). The lowest BCUT2D eigenvalue weighted by Crippen LogP contribution is -2.68. The van der Waals surface area contributed by atoms with E-state index in [1.807, 2.05) is 6.92 Å². The van der Waals surface area contributed by atoms with E-state index in [2.05, 4.69) is 10.6 Å². The first-order chi connectivity index (χ1) is 16.0. The van der Waals surface area contributed by atoms with Gasteiger partial charge in [0.2, 0.25) is 11.6 Å². The molecular formula is C24H29N3O7. The van der Waals surface area contributed by atoms with Gasteiger partial charge in [0.25, 0.3) is 5.91 Å². The molecule has 1 saturated carbocycles. The average molecular weight is 472 g/mol. The molecule has 2 heterocycles. The highest BCUT2D eigenvalue weighted by atomic mass is 16.7. The van der Waals surface area contributed by atoms with Crippen LogP contribution in [0.1, 0.15) is 41.8 Å². The minimum Gasteiger partial charge on any atom is -0.505 e. The van der Waals surface area contributed by atoms with Crippen molar-refractivity contribution in [1.29, 1.82) is 0 Å². The van der Waals surface area contributed by atoms with Crippen molar-refractivity contribution in [2.24, 2.45) is 0 Å². The number of nitrogens with zero attached hydrogens (tertiary/aromatic N) is 1. The minimum atomic E-state index is -0.947. The van der Waals surface area contributed by atoms with Crippen LogP contribution in [0.2, 0.25) is 0 Å². The van der Waals surface area contributed by atoms with E-state index < -0.39 is 41.6 Å². The fraction of sp³-hybridized carbons (Fsp3) is 0.458. The van der Waals surface area contributed by atoms with E-state index in [-0.39, 0.29) is 29.5 Å². The summed E-state index contributed by atoms with van der Waals surface area (Å²) in [4.78, 5) is 38.7. The number of amides is 1. The molecule has 1 aliphatic heterocycles. The number of rotatable bonds is 7. The second-order valence-corrected chi connectivity index (χ2v) is 9.19. The number of hydrogen-bond donors (Lipinski definition) is 3. The number of carbonyl (C=O) groups is 3. The lowest BCUT2D eigenvalue weighted by molar-refractivity contribution is -0.149. The third-order valence-corrected chi connectivity index (χ3v) is 5.95. The lowest BCUT2D eigenvalue weighted by Gasteiger charge is -2.38. The van der Waals surface area contributed by atoms with E-state index in [4.69, 9.17) is 13.9 Å². The van der Waals surface area contributed by atoms with Gasteiger partial charge in [0.05, 0.1) is 23.9 Å². The van der Waals surface area contributed by atoms with E-state index in [1.165, 1.54) is 11.0 Å². The van der Waals surface area contributed by atoms with Gasteiger partial charge in [-0.3, -0.25) is 19.7 Å². The van der Waals surface area contributed by atoms with Crippen molar-refractivity contribution in [3.63, 3.8) is 0 Å². The Morgan fingerprint density at radius 3 is 2.44 bits per heavy atom. The summed E-state index contributed by atoms with van der Waals surface area (Å²) in [6.07, 6.45) is -0.459. The van der Waals surface area contributed by atoms with Gasteiger partial charge in [0.15, 0.2) is 11.5 Å². The predicted molar refractivity (Wildman–Crippen MR) is 122 cm³/mol. The fourth-order valence-corrected chi connectivity index (χ4v) is 4.14. The van der Waals surface area contributed by atoms with Crippen LogP contribution in [0.3, 0.4) is 0 Å². The summed E-state index contributed by atoms with van der Waals surface area (Å²) < 4.78 is 17.5. The zero-order valence-corrected chi connectivity index (χ0v) is 19.7. The van der Waals surface area contributed by atoms with Gasteiger partial charge in [-0.25, -0.2) is 0 Å². The maximum absolute atomic E-state index is 12.5. The maximum atomic E-state index is 12.5. The van der Waals surface area contributed by atoms with Crippen LogP contribution in [0.25, 0.3) is 0 Å². The Hall–Kier alpha value is -3.21. The van der Waals surface area contributed by atoms with Gasteiger partial charge in [-0.2, -0.15) is 0 Å². The Balaban J connectivity index is 1.57. The molecule has 3 unspecified atom stereocenters. The van der Waals surface area contributed by atoms with Crippen LogP contribution in [-0.4, -0.2) is 72.2 Å². The monoisotopic (exact) mass is 471 g/mol. The van der Waals surface area contributed by atoms with Crippen molar-refractivity contribution in [2.45, 2.75) is 50.8 Å². The highest BCUT2D eigenvalue weighted by molar-refractivity contribution is 6.49. The number of anilines is 1. The fourth-order valence-electron chi connectivity index (χ4n) is 4.14. The first-order valence-corrected chi connectivity index (χ1v) is 11.0. The number of aromatic hydroxyl groups is 1. The molecule has 2 fully saturated rings. The smallest absolute Gasteiger partial charge is 0.257 e. The number of ether oxygens (including phenoxy) is 2. The molecule has 1 saturated heterocycles. The van der Waals surface area contributed by atoms with Crippen LogP contribution in [0.15, 0.2) is 34.7 Å². The second-order valence-electron chi connectivity index (χ2n) is 9.19. The molecule has 2 aliphatic rings. The van der Waals surface area contributed by atoms with Gasteiger partial charge in [0.1, 0.15) is 29.7 Å². The summed E-state index contributed by atoms with van der Waals surface area (Å²) in [7, 11) is 3.14. The highest BCUT2D eigenvalue weighted by Gasteiger charge is 2.52. The van der Waals surface area contributed by atoms with Crippen molar-refractivity contribution in [1.82, 2.24) is 10.2 Å². The van der Waals surface area contributed by atoms with Crippen LogP contribution in [-0.2, 0) is 19.1 Å². The largest absolute Gasteiger partial charge is 0.505 e. The van der Waals surface area contributed by atoms with Crippen molar-refractivity contribution in [3.8, 4) is 5.75 Å². The third kappa shape index (κ3) is 4.44. The van der Waals surface area contributed by atoms with Gasteiger partial charge in [-0.15, -0.1) is 0 Å². The molecule has 4 atom stereocenters. The van der Waals surface area contributed by atoms with Gasteiger partial charge in [-0.1, -0.05) is 6.07 Å². The van der Waals surface area contributed by atoms with E-state index in [1.54, 1.807) is 52.2 Å². The van der Waals surface area contributed by atoms with Gasteiger partial charge in [0, 0.05) is 14.1 Å². The molecule has 34 heavy (non-hydrogen) atoms. The number of ketones is 2. The number of carbonyl (C=O) groups excluding carboxylic acids is 3. The summed E-state index contributed by atoms with van der Waals surface area (Å²) in [5, 5.41) is 16.8. The maximum Gasteiger partial charge on any atom is 0.257 e. The van der Waals surface area contributed by atoms with E-state index in [9.17, 15) is 19.5 Å². The normalized spacial score (nSPS) is 24.6. The van der Waals surface area contributed by atoms with Crippen LogP contribution in [0.5, 0.6) is 5.75 Å². The third-order valence-electron chi connectivity index (χ3n) is 5.95. The number of Topliss-reactive ketones (excluding diaryl/α,β-unsaturated/α-hetero) is 2. The first kappa shape index (κ1) is 23.9. The lowest BCUT2D eigenvalue weighted by atomic mass is 9.81. The molecule has 182 valence electrons. The molecule has 0 radical (unpaired) electrons. The zero-order valence-electron chi connectivity index (χ0n) is 19.7. The molecule has 1 amide bonds. The van der Waals surface area contributed by atoms with Crippen LogP contribution < -0.4 is 10.6 Å². The molecule has 3 N–H and O–H groups in total.